The highest BCUT2D eigenvalue weighted by atomic mass is 79.9. The molecule has 0 aliphatic carbocycles. The first-order chi connectivity index (χ1) is 11.7. The van der Waals surface area contributed by atoms with E-state index in [2.05, 4.69) is 31.5 Å². The summed E-state index contributed by atoms with van der Waals surface area (Å²) in [5.74, 6) is 1.14. The molecule has 3 rings (SSSR count). The fraction of sp³-hybridized carbons (Fsp3) is 0.188. The molecule has 0 spiro atoms. The smallest absolute Gasteiger partial charge is 0.214 e. The summed E-state index contributed by atoms with van der Waals surface area (Å²) in [6.45, 7) is 0.205. The van der Waals surface area contributed by atoms with Gasteiger partial charge in [-0.25, -0.2) is 0 Å². The molecule has 8 heteroatoms. The number of para-hydroxylation sites is 1. The topological polar surface area (TPSA) is 73.1 Å². The van der Waals surface area contributed by atoms with Crippen LogP contribution >= 0.6 is 27.7 Å². The van der Waals surface area contributed by atoms with Gasteiger partial charge in [-0.1, -0.05) is 52.0 Å². The zero-order chi connectivity index (χ0) is 16.8. The van der Waals surface area contributed by atoms with Gasteiger partial charge in [0.15, 0.2) is 0 Å². The Balaban J connectivity index is 1.54. The molecule has 1 heterocycles. The maximum atomic E-state index is 10.1. The number of tetrazole rings is 1. The Morgan fingerprint density at radius 3 is 2.79 bits per heavy atom. The summed E-state index contributed by atoms with van der Waals surface area (Å²) >= 11 is 4.77. The Morgan fingerprint density at radius 1 is 1.17 bits per heavy atom. The number of hydrogen-bond acceptors (Lipinski definition) is 6. The maximum absolute atomic E-state index is 10.1. The molecule has 24 heavy (non-hydrogen) atoms. The molecule has 1 N–H and O–H groups in total. The number of aromatic nitrogens is 4. The summed E-state index contributed by atoms with van der Waals surface area (Å²) in [7, 11) is 0. The third-order valence-corrected chi connectivity index (χ3v) is 4.64. The van der Waals surface area contributed by atoms with Crippen molar-refractivity contribution in [3.8, 4) is 11.4 Å². The van der Waals surface area contributed by atoms with Gasteiger partial charge in [0.1, 0.15) is 12.4 Å². The average molecular weight is 407 g/mol. The number of aliphatic hydroxyl groups is 1. The second-order valence-electron chi connectivity index (χ2n) is 4.94. The van der Waals surface area contributed by atoms with Crippen molar-refractivity contribution in [2.45, 2.75) is 11.3 Å². The number of aliphatic hydroxyl groups excluding tert-OH is 1. The monoisotopic (exact) mass is 406 g/mol. The van der Waals surface area contributed by atoms with Crippen molar-refractivity contribution in [3.63, 3.8) is 0 Å². The lowest BCUT2D eigenvalue weighted by atomic mass is 10.3. The van der Waals surface area contributed by atoms with Crippen LogP contribution in [-0.4, -0.2) is 43.8 Å². The van der Waals surface area contributed by atoms with Gasteiger partial charge in [-0.2, -0.15) is 4.68 Å². The fourth-order valence-corrected chi connectivity index (χ4v) is 3.14. The van der Waals surface area contributed by atoms with Gasteiger partial charge in [0.25, 0.3) is 0 Å². The number of ether oxygens (including phenoxy) is 1. The summed E-state index contributed by atoms with van der Waals surface area (Å²) in [4.78, 5) is 0. The molecule has 3 aromatic rings. The quantitative estimate of drug-likeness (QED) is 0.608. The second kappa shape index (κ2) is 8.27. The van der Waals surface area contributed by atoms with Crippen LogP contribution in [0.25, 0.3) is 5.69 Å². The van der Waals surface area contributed by atoms with E-state index in [1.807, 2.05) is 54.6 Å². The largest absolute Gasteiger partial charge is 0.491 e. The van der Waals surface area contributed by atoms with Gasteiger partial charge in [0, 0.05) is 10.2 Å². The van der Waals surface area contributed by atoms with E-state index in [-0.39, 0.29) is 6.61 Å². The number of hydrogen-bond donors (Lipinski definition) is 1. The lowest BCUT2D eigenvalue weighted by molar-refractivity contribution is 0.126. The van der Waals surface area contributed by atoms with Gasteiger partial charge in [0.2, 0.25) is 5.16 Å². The van der Waals surface area contributed by atoms with Crippen LogP contribution in [0.4, 0.5) is 0 Å². The van der Waals surface area contributed by atoms with Crippen molar-refractivity contribution < 1.29 is 9.84 Å². The van der Waals surface area contributed by atoms with Gasteiger partial charge in [-0.15, -0.1) is 5.10 Å². The molecule has 0 bridgehead atoms. The van der Waals surface area contributed by atoms with Crippen LogP contribution in [0.2, 0.25) is 0 Å². The molecule has 0 saturated carbocycles. The second-order valence-corrected chi connectivity index (χ2v) is 6.84. The van der Waals surface area contributed by atoms with E-state index < -0.39 is 6.10 Å². The van der Waals surface area contributed by atoms with Crippen LogP contribution in [0.3, 0.4) is 0 Å². The molecule has 1 atom stereocenters. The Morgan fingerprint density at radius 2 is 2.00 bits per heavy atom. The number of nitrogens with zero attached hydrogens (tertiary/aromatic N) is 4. The van der Waals surface area contributed by atoms with E-state index in [9.17, 15) is 5.11 Å². The zero-order valence-corrected chi connectivity index (χ0v) is 15.0. The van der Waals surface area contributed by atoms with Crippen molar-refractivity contribution in [1.82, 2.24) is 20.2 Å². The first-order valence-corrected chi connectivity index (χ1v) is 9.03. The van der Waals surface area contributed by atoms with Crippen LogP contribution in [0.5, 0.6) is 5.75 Å². The number of rotatable bonds is 7. The lowest BCUT2D eigenvalue weighted by Gasteiger charge is -2.12. The minimum atomic E-state index is -0.630. The Bertz CT molecular complexity index is 785. The number of thioether (sulfide) groups is 1. The van der Waals surface area contributed by atoms with Gasteiger partial charge in [-0.3, -0.25) is 0 Å². The fourth-order valence-electron chi connectivity index (χ4n) is 1.97. The minimum absolute atomic E-state index is 0.205. The van der Waals surface area contributed by atoms with E-state index >= 15 is 0 Å². The summed E-state index contributed by atoms with van der Waals surface area (Å²) < 4.78 is 8.16. The molecule has 0 unspecified atom stereocenters. The van der Waals surface area contributed by atoms with Crippen LogP contribution in [-0.2, 0) is 0 Å². The number of halogens is 1. The summed E-state index contributed by atoms with van der Waals surface area (Å²) in [6.07, 6.45) is -0.630. The predicted octanol–water partition coefficient (Wildman–Crippen LogP) is 2.96. The van der Waals surface area contributed by atoms with Crippen LogP contribution in [0.15, 0.2) is 64.2 Å². The maximum Gasteiger partial charge on any atom is 0.214 e. The Kier molecular flexibility index (Phi) is 5.84. The normalized spacial score (nSPS) is 12.1. The van der Waals surface area contributed by atoms with E-state index in [0.29, 0.717) is 16.7 Å². The zero-order valence-electron chi connectivity index (χ0n) is 12.6. The summed E-state index contributed by atoms with van der Waals surface area (Å²) in [6, 6.07) is 17.1. The molecule has 0 radical (unpaired) electrons. The molecule has 124 valence electrons. The minimum Gasteiger partial charge on any atom is -0.491 e. The molecule has 6 nitrogen and oxygen atoms in total. The Labute approximate surface area is 152 Å². The lowest BCUT2D eigenvalue weighted by Crippen LogP contribution is -2.20. The van der Waals surface area contributed by atoms with Crippen LogP contribution < -0.4 is 4.74 Å². The molecule has 0 fully saturated rings. The molecular formula is C16H15BrN4O2S. The standard InChI is InChI=1S/C16H15BrN4O2S/c17-12-5-4-8-15(9-12)23-10-14(22)11-24-16-18-19-20-21(16)13-6-2-1-3-7-13/h1-9,14,22H,10-11H2/t14-/m1/s1. The van der Waals surface area contributed by atoms with E-state index in [0.717, 1.165) is 10.2 Å². The van der Waals surface area contributed by atoms with Crippen molar-refractivity contribution in [2.75, 3.05) is 12.4 Å². The summed E-state index contributed by atoms with van der Waals surface area (Å²) in [5.41, 5.74) is 0.880. The number of benzene rings is 2. The highest BCUT2D eigenvalue weighted by molar-refractivity contribution is 9.10. The molecule has 0 aliphatic rings. The van der Waals surface area contributed by atoms with E-state index in [4.69, 9.17) is 4.74 Å². The first kappa shape index (κ1) is 16.9. The molecule has 1 aromatic heterocycles. The van der Waals surface area contributed by atoms with Gasteiger partial charge < -0.3 is 9.84 Å². The van der Waals surface area contributed by atoms with E-state index in [1.165, 1.54) is 11.8 Å². The van der Waals surface area contributed by atoms with Gasteiger partial charge >= 0.3 is 0 Å². The SMILES string of the molecule is O[C@H](COc1cccc(Br)c1)CSc1nnnn1-c1ccccc1. The van der Waals surface area contributed by atoms with Gasteiger partial charge in [0.05, 0.1) is 11.8 Å². The highest BCUT2D eigenvalue weighted by Crippen LogP contribution is 2.20. The third-order valence-electron chi connectivity index (χ3n) is 3.08. The molecule has 0 aliphatic heterocycles. The van der Waals surface area contributed by atoms with E-state index in [1.54, 1.807) is 4.68 Å². The predicted molar refractivity (Wildman–Crippen MR) is 95.5 cm³/mol. The average Bonchev–Trinajstić information content (AvgIpc) is 3.07. The third kappa shape index (κ3) is 4.56. The van der Waals surface area contributed by atoms with Crippen molar-refractivity contribution in [3.05, 3.63) is 59.1 Å². The summed E-state index contributed by atoms with van der Waals surface area (Å²) in [5, 5.41) is 22.4. The van der Waals surface area contributed by atoms with Crippen molar-refractivity contribution >= 4 is 27.7 Å². The highest BCUT2D eigenvalue weighted by Gasteiger charge is 2.12. The molecule has 0 saturated heterocycles. The molecular weight excluding hydrogens is 392 g/mol. The molecule has 2 aromatic carbocycles. The van der Waals surface area contributed by atoms with Crippen molar-refractivity contribution in [1.29, 1.82) is 0 Å². The van der Waals surface area contributed by atoms with Crippen molar-refractivity contribution in [2.24, 2.45) is 0 Å². The molecule has 0 amide bonds. The van der Waals surface area contributed by atoms with Gasteiger partial charge in [-0.05, 0) is 40.8 Å². The Hall–Kier alpha value is -1.90. The van der Waals surface area contributed by atoms with Crippen LogP contribution in [0.1, 0.15) is 0 Å². The van der Waals surface area contributed by atoms with Crippen LogP contribution in [0, 0.1) is 0 Å². The first-order valence-electron chi connectivity index (χ1n) is 7.25.